The molecule has 0 aliphatic rings. The predicted molar refractivity (Wildman–Crippen MR) is 127 cm³/mol. The highest BCUT2D eigenvalue weighted by Gasteiger charge is 2.10. The summed E-state index contributed by atoms with van der Waals surface area (Å²) in [6, 6.07) is 29.4. The maximum atomic E-state index is 12.7. The fourth-order valence-electron chi connectivity index (χ4n) is 3.37. The van der Waals surface area contributed by atoms with E-state index in [1.54, 1.807) is 11.3 Å². The first-order chi connectivity index (χ1) is 15.3. The minimum Gasteiger partial charge on any atom is -0.324 e. The minimum absolute atomic E-state index is 0.139. The molecular formula is C26H19N3OS. The second-order valence-corrected chi connectivity index (χ2v) is 7.93. The van der Waals surface area contributed by atoms with Gasteiger partial charge >= 0.3 is 0 Å². The highest BCUT2D eigenvalue weighted by Crippen LogP contribution is 2.30. The van der Waals surface area contributed by atoms with Gasteiger partial charge in [-0.15, -0.1) is 11.3 Å². The lowest BCUT2D eigenvalue weighted by molar-refractivity contribution is 0.102. The Hall–Kier alpha value is -3.96. The van der Waals surface area contributed by atoms with Crippen LogP contribution in [0.5, 0.6) is 0 Å². The van der Waals surface area contributed by atoms with E-state index < -0.39 is 0 Å². The van der Waals surface area contributed by atoms with Crippen molar-refractivity contribution in [3.8, 4) is 27.5 Å². The van der Waals surface area contributed by atoms with Crippen molar-refractivity contribution in [3.05, 3.63) is 114 Å². The number of hydrogen-bond acceptors (Lipinski definition) is 3. The van der Waals surface area contributed by atoms with Crippen molar-refractivity contribution in [1.29, 1.82) is 0 Å². The molecule has 0 saturated carbocycles. The number of carbonyl (C=O) groups is 1. The number of thiazole rings is 1. The van der Waals surface area contributed by atoms with Gasteiger partial charge in [-0.25, -0.2) is 4.98 Å². The van der Waals surface area contributed by atoms with Crippen molar-refractivity contribution in [2.24, 2.45) is 0 Å². The van der Waals surface area contributed by atoms with Gasteiger partial charge in [0.1, 0.15) is 5.01 Å². The van der Waals surface area contributed by atoms with E-state index in [2.05, 4.69) is 17.4 Å². The average Bonchev–Trinajstić information content (AvgIpc) is 3.53. The van der Waals surface area contributed by atoms with Crippen LogP contribution < -0.4 is 5.32 Å². The number of nitrogens with zero attached hydrogens (tertiary/aromatic N) is 2. The van der Waals surface area contributed by atoms with Gasteiger partial charge < -0.3 is 9.88 Å². The minimum atomic E-state index is -0.139. The Balaban J connectivity index is 1.32. The maximum absolute atomic E-state index is 12.7. The maximum Gasteiger partial charge on any atom is 0.255 e. The monoisotopic (exact) mass is 421 g/mol. The lowest BCUT2D eigenvalue weighted by Gasteiger charge is -2.08. The van der Waals surface area contributed by atoms with E-state index in [1.165, 1.54) is 0 Å². The van der Waals surface area contributed by atoms with E-state index in [4.69, 9.17) is 4.98 Å². The van der Waals surface area contributed by atoms with E-state index in [0.29, 0.717) is 5.56 Å². The number of amides is 1. The third-order valence-corrected chi connectivity index (χ3v) is 5.86. The molecule has 1 N–H and O–H groups in total. The number of nitrogens with one attached hydrogen (secondary N) is 1. The highest BCUT2D eigenvalue weighted by atomic mass is 32.1. The Labute approximate surface area is 184 Å². The molecule has 0 bridgehead atoms. The molecule has 3 aromatic carbocycles. The van der Waals surface area contributed by atoms with E-state index in [-0.39, 0.29) is 5.91 Å². The van der Waals surface area contributed by atoms with Crippen molar-refractivity contribution in [2.45, 2.75) is 0 Å². The van der Waals surface area contributed by atoms with E-state index >= 15 is 0 Å². The molecule has 2 heterocycles. The largest absolute Gasteiger partial charge is 0.324 e. The van der Waals surface area contributed by atoms with Crippen LogP contribution in [0.3, 0.4) is 0 Å². The van der Waals surface area contributed by atoms with Gasteiger partial charge in [0, 0.05) is 45.8 Å². The zero-order chi connectivity index (χ0) is 21.0. The summed E-state index contributed by atoms with van der Waals surface area (Å²) in [5.41, 5.74) is 5.34. The van der Waals surface area contributed by atoms with Crippen LogP contribution >= 0.6 is 11.3 Å². The molecule has 0 fully saturated rings. The first kappa shape index (κ1) is 19.0. The smallest absolute Gasteiger partial charge is 0.255 e. The summed E-state index contributed by atoms with van der Waals surface area (Å²) in [7, 11) is 0. The van der Waals surface area contributed by atoms with Gasteiger partial charge in [-0.1, -0.05) is 42.5 Å². The van der Waals surface area contributed by atoms with Gasteiger partial charge in [0.05, 0.1) is 5.69 Å². The number of aromatic nitrogens is 2. The predicted octanol–water partition coefficient (Wildman–Crippen LogP) is 6.52. The summed E-state index contributed by atoms with van der Waals surface area (Å²) in [5.74, 6) is -0.139. The first-order valence-corrected chi connectivity index (χ1v) is 10.8. The molecule has 0 atom stereocenters. The Morgan fingerprint density at radius 3 is 2.32 bits per heavy atom. The molecule has 0 spiro atoms. The van der Waals surface area contributed by atoms with Crippen LogP contribution in [0.1, 0.15) is 10.4 Å². The quantitative estimate of drug-likeness (QED) is 0.351. The van der Waals surface area contributed by atoms with Crippen LogP contribution in [0.25, 0.3) is 27.5 Å². The molecule has 4 nitrogen and oxygen atoms in total. The Morgan fingerprint density at radius 2 is 1.55 bits per heavy atom. The van der Waals surface area contributed by atoms with Crippen molar-refractivity contribution in [2.75, 3.05) is 5.32 Å². The molecule has 0 radical (unpaired) electrons. The Kier molecular flexibility index (Phi) is 5.17. The van der Waals surface area contributed by atoms with Gasteiger partial charge in [-0.3, -0.25) is 4.79 Å². The second kappa shape index (κ2) is 8.42. The van der Waals surface area contributed by atoms with Crippen LogP contribution in [0.2, 0.25) is 0 Å². The number of benzene rings is 3. The van der Waals surface area contributed by atoms with E-state index in [9.17, 15) is 4.79 Å². The van der Waals surface area contributed by atoms with Crippen LogP contribution in [-0.4, -0.2) is 15.5 Å². The van der Waals surface area contributed by atoms with Gasteiger partial charge in [-0.2, -0.15) is 0 Å². The van der Waals surface area contributed by atoms with E-state index in [1.807, 2.05) is 101 Å². The second-order valence-electron chi connectivity index (χ2n) is 7.08. The normalized spacial score (nSPS) is 10.7. The van der Waals surface area contributed by atoms with Gasteiger partial charge in [0.2, 0.25) is 0 Å². The first-order valence-electron chi connectivity index (χ1n) is 9.92. The van der Waals surface area contributed by atoms with Gasteiger partial charge in [0.15, 0.2) is 0 Å². The lowest BCUT2D eigenvalue weighted by Crippen LogP contribution is -2.11. The molecular weight excluding hydrogens is 402 g/mol. The Morgan fingerprint density at radius 1 is 0.806 bits per heavy atom. The summed E-state index contributed by atoms with van der Waals surface area (Å²) in [4.78, 5) is 17.5. The molecule has 5 heteroatoms. The summed E-state index contributed by atoms with van der Waals surface area (Å²) in [6.07, 6.45) is 3.95. The topological polar surface area (TPSA) is 46.9 Å². The van der Waals surface area contributed by atoms with Crippen LogP contribution in [-0.2, 0) is 0 Å². The molecule has 0 saturated heterocycles. The SMILES string of the molecule is O=C(Nc1cccc(-c2csc(-c3ccccc3)n2)c1)c1ccc(-n2cccc2)cc1. The standard InChI is InChI=1S/C26H19N3OS/c30-25(19-11-13-23(14-12-19)29-15-4-5-16-29)27-22-10-6-9-21(17-22)24-18-31-26(28-24)20-7-2-1-3-8-20/h1-18H,(H,27,30). The fraction of sp³-hybridized carbons (Fsp3) is 0. The van der Waals surface area contributed by atoms with Crippen molar-refractivity contribution in [1.82, 2.24) is 9.55 Å². The summed E-state index contributed by atoms with van der Waals surface area (Å²) in [5, 5.41) is 6.02. The number of anilines is 1. The zero-order valence-electron chi connectivity index (χ0n) is 16.6. The van der Waals surface area contributed by atoms with Crippen molar-refractivity contribution < 1.29 is 4.79 Å². The third-order valence-electron chi connectivity index (χ3n) is 4.97. The molecule has 2 aromatic heterocycles. The van der Waals surface area contributed by atoms with Crippen LogP contribution in [0.15, 0.2) is 109 Å². The van der Waals surface area contributed by atoms with E-state index in [0.717, 1.165) is 33.2 Å². The van der Waals surface area contributed by atoms with Crippen molar-refractivity contribution in [3.63, 3.8) is 0 Å². The summed E-state index contributed by atoms with van der Waals surface area (Å²) < 4.78 is 2.00. The molecule has 5 rings (SSSR count). The number of carbonyl (C=O) groups excluding carboxylic acids is 1. The summed E-state index contributed by atoms with van der Waals surface area (Å²) >= 11 is 1.61. The lowest BCUT2D eigenvalue weighted by atomic mass is 10.1. The molecule has 1 amide bonds. The molecule has 5 aromatic rings. The molecule has 150 valence electrons. The van der Waals surface area contributed by atoms with Crippen LogP contribution in [0.4, 0.5) is 5.69 Å². The van der Waals surface area contributed by atoms with Gasteiger partial charge in [0.25, 0.3) is 5.91 Å². The molecule has 0 aliphatic carbocycles. The van der Waals surface area contributed by atoms with Gasteiger partial charge in [-0.05, 0) is 48.5 Å². The molecule has 31 heavy (non-hydrogen) atoms. The van der Waals surface area contributed by atoms with Crippen LogP contribution in [0, 0.1) is 0 Å². The zero-order valence-corrected chi connectivity index (χ0v) is 17.4. The molecule has 0 aliphatic heterocycles. The molecule has 0 unspecified atom stereocenters. The number of rotatable bonds is 5. The average molecular weight is 422 g/mol. The summed E-state index contributed by atoms with van der Waals surface area (Å²) in [6.45, 7) is 0. The highest BCUT2D eigenvalue weighted by molar-refractivity contribution is 7.13. The fourth-order valence-corrected chi connectivity index (χ4v) is 4.21. The third kappa shape index (κ3) is 4.17. The van der Waals surface area contributed by atoms with Crippen molar-refractivity contribution >= 4 is 22.9 Å². The Bertz CT molecular complexity index is 1310. The number of hydrogen-bond donors (Lipinski definition) is 1.